The summed E-state index contributed by atoms with van der Waals surface area (Å²) in [5.74, 6) is 7.35. The number of halogens is 1. The fourth-order valence-electron chi connectivity index (χ4n) is 3.44. The summed E-state index contributed by atoms with van der Waals surface area (Å²) < 4.78 is 1.44. The Labute approximate surface area is 161 Å². The quantitative estimate of drug-likeness (QED) is 0.670. The molecule has 0 aliphatic carbocycles. The number of carbonyl (C=O) groups excluding carboxylic acids is 1. The number of nitrogen functional groups attached to an aromatic ring is 1. The minimum atomic E-state index is 0.102. The molecule has 140 valence electrons. The molecule has 0 bridgehead atoms. The summed E-state index contributed by atoms with van der Waals surface area (Å²) in [6.45, 7) is 3.09. The number of amides is 1. The number of hydrogen-bond donors (Lipinski definition) is 2. The van der Waals surface area contributed by atoms with Gasteiger partial charge in [0, 0.05) is 55.6 Å². The number of fused-ring (bicyclic) bond motifs is 1. The van der Waals surface area contributed by atoms with E-state index in [9.17, 15) is 4.79 Å². The molecule has 4 rings (SSSR count). The van der Waals surface area contributed by atoms with E-state index in [2.05, 4.69) is 20.3 Å². The van der Waals surface area contributed by atoms with Gasteiger partial charge in [-0.3, -0.25) is 9.47 Å². The number of carbonyl (C=O) groups is 1. The van der Waals surface area contributed by atoms with Crippen LogP contribution in [0.2, 0.25) is 5.02 Å². The summed E-state index contributed by atoms with van der Waals surface area (Å²) in [6.07, 6.45) is 6.96. The van der Waals surface area contributed by atoms with Crippen molar-refractivity contribution in [1.82, 2.24) is 24.5 Å². The lowest BCUT2D eigenvalue weighted by Crippen LogP contribution is -2.44. The lowest BCUT2D eigenvalue weighted by molar-refractivity contribution is -0.129. The molecule has 1 fully saturated rings. The monoisotopic (exact) mass is 385 g/mol. The number of hydrogen-bond acceptors (Lipinski definition) is 6. The fraction of sp³-hybridized carbons (Fsp3) is 0.333. The van der Waals surface area contributed by atoms with Gasteiger partial charge in [-0.1, -0.05) is 11.6 Å². The third-order valence-corrected chi connectivity index (χ3v) is 4.96. The zero-order valence-corrected chi connectivity index (χ0v) is 15.6. The maximum Gasteiger partial charge on any atom is 0.219 e. The van der Waals surface area contributed by atoms with Crippen molar-refractivity contribution >= 4 is 34.4 Å². The second-order valence-electron chi connectivity index (χ2n) is 6.69. The Bertz CT molecular complexity index is 1000. The molecule has 1 amide bonds. The second-order valence-corrected chi connectivity index (χ2v) is 7.13. The number of nitrogens with two attached hydrogens (primary N) is 1. The van der Waals surface area contributed by atoms with E-state index in [1.165, 1.54) is 4.68 Å². The van der Waals surface area contributed by atoms with Crippen molar-refractivity contribution in [2.75, 3.05) is 24.2 Å². The SMILES string of the molecule is CC(=O)N1CCC[C@H](Nc2ccnc(-c3cn(N)c4ncc(Cl)cc34)n2)C1. The summed E-state index contributed by atoms with van der Waals surface area (Å²) in [5.41, 5.74) is 1.38. The lowest BCUT2D eigenvalue weighted by atomic mass is 10.1. The number of aromatic nitrogens is 4. The number of anilines is 1. The Morgan fingerprint density at radius 3 is 3.07 bits per heavy atom. The first kappa shape index (κ1) is 17.5. The van der Waals surface area contributed by atoms with Crippen molar-refractivity contribution in [2.24, 2.45) is 0 Å². The molecule has 1 atom stereocenters. The normalized spacial score (nSPS) is 17.3. The Kier molecular flexibility index (Phi) is 4.57. The maximum absolute atomic E-state index is 11.6. The number of nitrogens with one attached hydrogen (secondary N) is 1. The highest BCUT2D eigenvalue weighted by Crippen LogP contribution is 2.28. The molecule has 0 radical (unpaired) electrons. The van der Waals surface area contributed by atoms with Crippen LogP contribution >= 0.6 is 11.6 Å². The van der Waals surface area contributed by atoms with E-state index in [4.69, 9.17) is 17.4 Å². The average molecular weight is 386 g/mol. The number of piperidine rings is 1. The van der Waals surface area contributed by atoms with Gasteiger partial charge in [-0.05, 0) is 25.0 Å². The summed E-state index contributed by atoms with van der Waals surface area (Å²) >= 11 is 6.09. The first-order valence-corrected chi connectivity index (χ1v) is 9.16. The van der Waals surface area contributed by atoms with Gasteiger partial charge in [-0.15, -0.1) is 0 Å². The molecule has 0 aromatic carbocycles. The van der Waals surface area contributed by atoms with Crippen LogP contribution in [-0.2, 0) is 4.79 Å². The van der Waals surface area contributed by atoms with Gasteiger partial charge in [0.15, 0.2) is 11.5 Å². The van der Waals surface area contributed by atoms with Crippen LogP contribution in [0, 0.1) is 0 Å². The standard InChI is InChI=1S/C18H20ClN7O/c1-11(27)25-6-2-3-13(9-25)23-16-4-5-21-17(24-16)15-10-26(20)18-14(15)7-12(19)8-22-18/h4-5,7-8,10,13H,2-3,6,9,20H2,1H3,(H,21,23,24)/t13-/m0/s1. The Morgan fingerprint density at radius 1 is 1.41 bits per heavy atom. The number of rotatable bonds is 3. The van der Waals surface area contributed by atoms with Crippen molar-refractivity contribution in [1.29, 1.82) is 0 Å². The topological polar surface area (TPSA) is 102 Å². The van der Waals surface area contributed by atoms with Gasteiger partial charge in [0.25, 0.3) is 0 Å². The highest BCUT2D eigenvalue weighted by Gasteiger charge is 2.22. The molecule has 0 unspecified atom stereocenters. The van der Waals surface area contributed by atoms with Gasteiger partial charge in [-0.2, -0.15) is 0 Å². The largest absolute Gasteiger partial charge is 0.365 e. The van der Waals surface area contributed by atoms with Gasteiger partial charge in [0.05, 0.1) is 5.02 Å². The van der Waals surface area contributed by atoms with Crippen LogP contribution in [-0.4, -0.2) is 49.6 Å². The first-order valence-electron chi connectivity index (χ1n) is 8.78. The Morgan fingerprint density at radius 2 is 2.26 bits per heavy atom. The summed E-state index contributed by atoms with van der Waals surface area (Å²) in [5, 5.41) is 4.74. The molecule has 3 aromatic rings. The molecule has 9 heteroatoms. The zero-order chi connectivity index (χ0) is 19.0. The predicted octanol–water partition coefficient (Wildman–Crippen LogP) is 2.28. The van der Waals surface area contributed by atoms with Crippen LogP contribution in [0.5, 0.6) is 0 Å². The average Bonchev–Trinajstić information content (AvgIpc) is 2.98. The van der Waals surface area contributed by atoms with Gasteiger partial charge >= 0.3 is 0 Å². The summed E-state index contributed by atoms with van der Waals surface area (Å²) in [6, 6.07) is 3.79. The van der Waals surface area contributed by atoms with E-state index in [-0.39, 0.29) is 11.9 Å². The molecule has 0 spiro atoms. The summed E-state index contributed by atoms with van der Waals surface area (Å²) in [4.78, 5) is 26.8. The zero-order valence-electron chi connectivity index (χ0n) is 14.9. The van der Waals surface area contributed by atoms with E-state index in [0.29, 0.717) is 28.9 Å². The Hall–Kier alpha value is -2.87. The van der Waals surface area contributed by atoms with Gasteiger partial charge < -0.3 is 16.1 Å². The number of pyridine rings is 1. The van der Waals surface area contributed by atoms with Crippen LogP contribution in [0.3, 0.4) is 0 Å². The number of nitrogens with zero attached hydrogens (tertiary/aromatic N) is 5. The third kappa shape index (κ3) is 3.52. The molecule has 1 saturated heterocycles. The van der Waals surface area contributed by atoms with Crippen molar-refractivity contribution in [2.45, 2.75) is 25.8 Å². The molecule has 3 aromatic heterocycles. The predicted molar refractivity (Wildman–Crippen MR) is 105 cm³/mol. The minimum Gasteiger partial charge on any atom is -0.365 e. The molecule has 0 saturated carbocycles. The minimum absolute atomic E-state index is 0.102. The van der Waals surface area contributed by atoms with Crippen molar-refractivity contribution in [3.63, 3.8) is 0 Å². The second kappa shape index (κ2) is 7.03. The molecule has 1 aliphatic rings. The smallest absolute Gasteiger partial charge is 0.219 e. The van der Waals surface area contributed by atoms with Crippen molar-refractivity contribution < 1.29 is 4.79 Å². The van der Waals surface area contributed by atoms with E-state index in [1.54, 1.807) is 31.6 Å². The molecule has 3 N–H and O–H groups in total. The highest BCUT2D eigenvalue weighted by atomic mass is 35.5. The van der Waals surface area contributed by atoms with Gasteiger partial charge in [0.2, 0.25) is 5.91 Å². The van der Waals surface area contributed by atoms with Crippen LogP contribution in [0.4, 0.5) is 5.82 Å². The molecular formula is C18H20ClN7O. The Balaban J connectivity index is 1.62. The van der Waals surface area contributed by atoms with Crippen LogP contribution in [0.25, 0.3) is 22.4 Å². The summed E-state index contributed by atoms with van der Waals surface area (Å²) in [7, 11) is 0. The first-order chi connectivity index (χ1) is 13.0. The van der Waals surface area contributed by atoms with Gasteiger partial charge in [0.1, 0.15) is 5.82 Å². The third-order valence-electron chi connectivity index (χ3n) is 4.75. The lowest BCUT2D eigenvalue weighted by Gasteiger charge is -2.32. The van der Waals surface area contributed by atoms with Crippen molar-refractivity contribution in [3.05, 3.63) is 35.7 Å². The fourth-order valence-corrected chi connectivity index (χ4v) is 3.60. The van der Waals surface area contributed by atoms with E-state index < -0.39 is 0 Å². The van der Waals surface area contributed by atoms with Crippen LogP contribution in [0.1, 0.15) is 19.8 Å². The highest BCUT2D eigenvalue weighted by molar-refractivity contribution is 6.31. The van der Waals surface area contributed by atoms with E-state index in [1.807, 2.05) is 11.0 Å². The van der Waals surface area contributed by atoms with E-state index >= 15 is 0 Å². The maximum atomic E-state index is 11.6. The molecule has 1 aliphatic heterocycles. The molecular weight excluding hydrogens is 366 g/mol. The van der Waals surface area contributed by atoms with Crippen LogP contribution < -0.4 is 11.2 Å². The van der Waals surface area contributed by atoms with Crippen LogP contribution in [0.15, 0.2) is 30.7 Å². The molecule has 27 heavy (non-hydrogen) atoms. The van der Waals surface area contributed by atoms with Crippen molar-refractivity contribution in [3.8, 4) is 11.4 Å². The van der Waals surface area contributed by atoms with E-state index in [0.717, 1.165) is 30.3 Å². The molecule has 8 nitrogen and oxygen atoms in total. The van der Waals surface area contributed by atoms with Gasteiger partial charge in [-0.25, -0.2) is 15.0 Å². The molecule has 4 heterocycles. The number of likely N-dealkylation sites (tertiary alicyclic amines) is 1.